The minimum absolute atomic E-state index is 0.612. The largest absolute Gasteiger partial charge is 0.361 e. The molecular formula is C10H17ClN2S. The highest BCUT2D eigenvalue weighted by atomic mass is 35.5. The van der Waals surface area contributed by atoms with Gasteiger partial charge in [-0.1, -0.05) is 13.8 Å². The Morgan fingerprint density at radius 2 is 2.43 bits per heavy atom. The summed E-state index contributed by atoms with van der Waals surface area (Å²) in [6.45, 7) is 5.28. The van der Waals surface area contributed by atoms with Gasteiger partial charge in [-0.3, -0.25) is 0 Å². The van der Waals surface area contributed by atoms with Crippen LogP contribution < -0.4 is 5.32 Å². The predicted octanol–water partition coefficient (Wildman–Crippen LogP) is 3.38. The Labute approximate surface area is 94.7 Å². The molecule has 14 heavy (non-hydrogen) atoms. The quantitative estimate of drug-likeness (QED) is 0.761. The van der Waals surface area contributed by atoms with Crippen LogP contribution in [0.5, 0.6) is 0 Å². The van der Waals surface area contributed by atoms with Gasteiger partial charge in [-0.05, 0) is 18.8 Å². The van der Waals surface area contributed by atoms with Crippen LogP contribution in [0.3, 0.4) is 0 Å². The Balaban J connectivity index is 2.30. The highest BCUT2D eigenvalue weighted by Gasteiger charge is 2.03. The molecule has 0 aliphatic rings. The minimum atomic E-state index is 0.612. The van der Waals surface area contributed by atoms with E-state index in [1.165, 1.54) is 5.69 Å². The number of nitrogens with one attached hydrogen (secondary N) is 1. The van der Waals surface area contributed by atoms with Gasteiger partial charge >= 0.3 is 0 Å². The van der Waals surface area contributed by atoms with E-state index < -0.39 is 0 Å². The van der Waals surface area contributed by atoms with Crippen LogP contribution in [-0.4, -0.2) is 17.4 Å². The van der Waals surface area contributed by atoms with Crippen molar-refractivity contribution >= 4 is 28.1 Å². The van der Waals surface area contributed by atoms with Gasteiger partial charge < -0.3 is 5.32 Å². The molecule has 1 aromatic heterocycles. The summed E-state index contributed by atoms with van der Waals surface area (Å²) in [5, 5.41) is 6.47. The molecule has 1 heterocycles. The van der Waals surface area contributed by atoms with Crippen molar-refractivity contribution in [2.75, 3.05) is 17.7 Å². The zero-order valence-corrected chi connectivity index (χ0v) is 10.3. The highest BCUT2D eigenvalue weighted by molar-refractivity contribution is 7.13. The van der Waals surface area contributed by atoms with Crippen molar-refractivity contribution < 1.29 is 0 Å². The first-order valence-electron chi connectivity index (χ1n) is 5.00. The summed E-state index contributed by atoms with van der Waals surface area (Å²) in [5.74, 6) is 1.35. The molecule has 0 saturated heterocycles. The molecule has 80 valence electrons. The number of nitrogens with zero attached hydrogens (tertiary/aromatic N) is 1. The van der Waals surface area contributed by atoms with E-state index in [0.717, 1.165) is 30.4 Å². The molecule has 0 spiro atoms. The Bertz CT molecular complexity index is 262. The third-order valence-corrected chi connectivity index (χ3v) is 3.18. The summed E-state index contributed by atoms with van der Waals surface area (Å²) < 4.78 is 0. The molecule has 0 aliphatic carbocycles. The number of hydrogen-bond donors (Lipinski definition) is 1. The summed E-state index contributed by atoms with van der Waals surface area (Å²) in [6, 6.07) is 0. The fourth-order valence-electron chi connectivity index (χ4n) is 1.10. The van der Waals surface area contributed by atoms with Crippen molar-refractivity contribution in [3.05, 3.63) is 11.1 Å². The van der Waals surface area contributed by atoms with Crippen molar-refractivity contribution in [1.29, 1.82) is 0 Å². The zero-order chi connectivity index (χ0) is 10.4. The van der Waals surface area contributed by atoms with E-state index in [-0.39, 0.29) is 0 Å². The van der Waals surface area contributed by atoms with Crippen LogP contribution in [0.4, 0.5) is 5.13 Å². The predicted molar refractivity (Wildman–Crippen MR) is 64.5 cm³/mol. The first kappa shape index (κ1) is 11.8. The topological polar surface area (TPSA) is 24.9 Å². The molecule has 0 bridgehead atoms. The molecule has 1 rings (SSSR count). The summed E-state index contributed by atoms with van der Waals surface area (Å²) in [5.41, 5.74) is 1.17. The monoisotopic (exact) mass is 232 g/mol. The molecule has 1 unspecified atom stereocenters. The van der Waals surface area contributed by atoms with Crippen molar-refractivity contribution in [3.8, 4) is 0 Å². The summed E-state index contributed by atoms with van der Waals surface area (Å²) in [6.07, 6.45) is 2.07. The number of aryl methyl sites for hydroxylation is 1. The highest BCUT2D eigenvalue weighted by Crippen LogP contribution is 2.16. The second-order valence-electron chi connectivity index (χ2n) is 3.46. The standard InChI is InChI=1S/C10H17ClN2S/c1-3-9-7-14-10(13-9)12-6-8(2)4-5-11/h7-8H,3-6H2,1-2H3,(H,12,13). The van der Waals surface area contributed by atoms with Gasteiger partial charge in [0.1, 0.15) is 0 Å². The SMILES string of the molecule is CCc1csc(NCC(C)CCCl)n1. The second-order valence-corrected chi connectivity index (χ2v) is 4.70. The fourth-order valence-corrected chi connectivity index (χ4v) is 2.28. The maximum Gasteiger partial charge on any atom is 0.182 e. The molecule has 0 radical (unpaired) electrons. The van der Waals surface area contributed by atoms with Crippen molar-refractivity contribution in [1.82, 2.24) is 4.98 Å². The van der Waals surface area contributed by atoms with Crippen LogP contribution in [0.15, 0.2) is 5.38 Å². The number of hydrogen-bond acceptors (Lipinski definition) is 3. The molecule has 0 fully saturated rings. The molecule has 1 atom stereocenters. The van der Waals surface area contributed by atoms with E-state index in [4.69, 9.17) is 11.6 Å². The van der Waals surface area contributed by atoms with Crippen LogP contribution in [0.25, 0.3) is 0 Å². The number of halogens is 1. The maximum atomic E-state index is 5.66. The van der Waals surface area contributed by atoms with Gasteiger partial charge in [0, 0.05) is 17.8 Å². The first-order valence-corrected chi connectivity index (χ1v) is 6.42. The molecule has 0 amide bonds. The van der Waals surface area contributed by atoms with Crippen molar-refractivity contribution in [2.45, 2.75) is 26.7 Å². The third kappa shape index (κ3) is 3.84. The van der Waals surface area contributed by atoms with Gasteiger partial charge in [-0.15, -0.1) is 22.9 Å². The average molecular weight is 233 g/mol. The average Bonchev–Trinajstić information content (AvgIpc) is 2.63. The van der Waals surface area contributed by atoms with E-state index in [1.807, 2.05) is 0 Å². The van der Waals surface area contributed by atoms with Crippen LogP contribution >= 0.6 is 22.9 Å². The lowest BCUT2D eigenvalue weighted by Gasteiger charge is -2.09. The minimum Gasteiger partial charge on any atom is -0.361 e. The first-order chi connectivity index (χ1) is 6.76. The Morgan fingerprint density at radius 1 is 1.64 bits per heavy atom. The van der Waals surface area contributed by atoms with Crippen LogP contribution in [0.2, 0.25) is 0 Å². The summed E-state index contributed by atoms with van der Waals surface area (Å²) in [4.78, 5) is 4.44. The van der Waals surface area contributed by atoms with Gasteiger partial charge in [-0.2, -0.15) is 0 Å². The smallest absolute Gasteiger partial charge is 0.182 e. The molecule has 2 nitrogen and oxygen atoms in total. The third-order valence-electron chi connectivity index (χ3n) is 2.12. The van der Waals surface area contributed by atoms with Crippen LogP contribution in [0.1, 0.15) is 26.0 Å². The van der Waals surface area contributed by atoms with Gasteiger partial charge in [0.2, 0.25) is 0 Å². The number of aromatic nitrogens is 1. The van der Waals surface area contributed by atoms with Gasteiger partial charge in [0.05, 0.1) is 5.69 Å². The molecular weight excluding hydrogens is 216 g/mol. The number of thiazole rings is 1. The van der Waals surface area contributed by atoms with E-state index in [9.17, 15) is 0 Å². The maximum absolute atomic E-state index is 5.66. The molecule has 1 aromatic rings. The molecule has 1 N–H and O–H groups in total. The van der Waals surface area contributed by atoms with E-state index in [0.29, 0.717) is 5.92 Å². The lowest BCUT2D eigenvalue weighted by molar-refractivity contribution is 0.596. The van der Waals surface area contributed by atoms with Crippen LogP contribution in [-0.2, 0) is 6.42 Å². The van der Waals surface area contributed by atoms with Crippen molar-refractivity contribution in [2.24, 2.45) is 5.92 Å². The van der Waals surface area contributed by atoms with Crippen molar-refractivity contribution in [3.63, 3.8) is 0 Å². The van der Waals surface area contributed by atoms with Gasteiger partial charge in [-0.25, -0.2) is 4.98 Å². The van der Waals surface area contributed by atoms with Gasteiger partial charge in [0.15, 0.2) is 5.13 Å². The summed E-state index contributed by atoms with van der Waals surface area (Å²) in [7, 11) is 0. The zero-order valence-electron chi connectivity index (χ0n) is 8.72. The lowest BCUT2D eigenvalue weighted by atomic mass is 10.1. The normalized spacial score (nSPS) is 12.8. The number of anilines is 1. The van der Waals surface area contributed by atoms with E-state index >= 15 is 0 Å². The molecule has 4 heteroatoms. The Hall–Kier alpha value is -0.280. The molecule has 0 aromatic carbocycles. The Morgan fingerprint density at radius 3 is 3.00 bits per heavy atom. The molecule has 0 aliphatic heterocycles. The lowest BCUT2D eigenvalue weighted by Crippen LogP contribution is -2.11. The van der Waals surface area contributed by atoms with E-state index in [1.54, 1.807) is 11.3 Å². The van der Waals surface area contributed by atoms with E-state index in [2.05, 4.69) is 29.5 Å². The summed E-state index contributed by atoms with van der Waals surface area (Å²) >= 11 is 7.34. The fraction of sp³-hybridized carbons (Fsp3) is 0.700. The number of alkyl halides is 1. The second kappa shape index (κ2) is 6.25. The number of rotatable bonds is 6. The van der Waals surface area contributed by atoms with Crippen LogP contribution in [0, 0.1) is 5.92 Å². The molecule has 0 saturated carbocycles. The Kier molecular flexibility index (Phi) is 5.26. The van der Waals surface area contributed by atoms with Gasteiger partial charge in [0.25, 0.3) is 0 Å².